The second-order valence-electron chi connectivity index (χ2n) is 8.12. The predicted octanol–water partition coefficient (Wildman–Crippen LogP) is 2.78. The van der Waals surface area contributed by atoms with Crippen LogP contribution in [0.5, 0.6) is 0 Å². The Morgan fingerprint density at radius 2 is 2.29 bits per heavy atom. The van der Waals surface area contributed by atoms with E-state index in [9.17, 15) is 5.11 Å². The molecule has 0 spiro atoms. The highest BCUT2D eigenvalue weighted by Gasteiger charge is 2.50. The van der Waals surface area contributed by atoms with E-state index in [4.69, 9.17) is 9.26 Å². The SMILES string of the molecule is Cc1cc(CN(C)C[C@H](O)COCC2=CC[C@H]3C[C@H]2C3(C)C)no1. The molecule has 1 saturated carbocycles. The summed E-state index contributed by atoms with van der Waals surface area (Å²) in [7, 11) is 1.97. The molecular weight excluding hydrogens is 304 g/mol. The van der Waals surface area contributed by atoms with Crippen LogP contribution in [0.1, 0.15) is 38.1 Å². The number of hydrogen-bond donors (Lipinski definition) is 1. The summed E-state index contributed by atoms with van der Waals surface area (Å²) >= 11 is 0. The fourth-order valence-electron chi connectivity index (χ4n) is 4.20. The van der Waals surface area contributed by atoms with Crippen molar-refractivity contribution < 1.29 is 14.4 Å². The molecule has 134 valence electrons. The largest absolute Gasteiger partial charge is 0.389 e. The molecule has 1 heterocycles. The van der Waals surface area contributed by atoms with E-state index < -0.39 is 6.10 Å². The summed E-state index contributed by atoms with van der Waals surface area (Å²) in [6.45, 7) is 8.87. The van der Waals surface area contributed by atoms with Gasteiger partial charge in [0.15, 0.2) is 0 Å². The summed E-state index contributed by atoms with van der Waals surface area (Å²) in [6, 6.07) is 1.92. The van der Waals surface area contributed by atoms with Gasteiger partial charge in [0.25, 0.3) is 0 Å². The minimum absolute atomic E-state index is 0.371. The zero-order chi connectivity index (χ0) is 17.3. The molecule has 1 fully saturated rings. The highest BCUT2D eigenvalue weighted by atomic mass is 16.5. The summed E-state index contributed by atoms with van der Waals surface area (Å²) in [4.78, 5) is 2.03. The lowest BCUT2D eigenvalue weighted by molar-refractivity contribution is -0.0257. The van der Waals surface area contributed by atoms with Gasteiger partial charge in [0, 0.05) is 19.2 Å². The molecule has 3 aliphatic rings. The highest BCUT2D eigenvalue weighted by Crippen LogP contribution is 2.59. The molecule has 5 heteroatoms. The zero-order valence-electron chi connectivity index (χ0n) is 15.3. The van der Waals surface area contributed by atoms with Crippen LogP contribution in [-0.4, -0.2) is 48.1 Å². The van der Waals surface area contributed by atoms with E-state index in [1.165, 1.54) is 18.4 Å². The lowest BCUT2D eigenvalue weighted by Gasteiger charge is -2.56. The molecule has 0 amide bonds. The molecule has 1 aromatic heterocycles. The summed E-state index contributed by atoms with van der Waals surface area (Å²) in [5.74, 6) is 2.33. The number of aliphatic hydroxyl groups excluding tert-OH is 1. The third-order valence-corrected chi connectivity index (χ3v) is 5.79. The van der Waals surface area contributed by atoms with E-state index in [0.29, 0.717) is 37.6 Å². The quantitative estimate of drug-likeness (QED) is 0.741. The van der Waals surface area contributed by atoms with Gasteiger partial charge in [0.1, 0.15) is 5.76 Å². The minimum Gasteiger partial charge on any atom is -0.389 e. The standard InChI is InChI=1S/C19H30N2O3/c1-13-7-16(20-24-13)9-21(4)10-17(22)12-23-11-14-5-6-15-8-18(14)19(15,2)3/h5,7,15,17-18,22H,6,8-12H2,1-4H3/t15-,17-,18+/m0/s1. The van der Waals surface area contributed by atoms with Crippen molar-refractivity contribution in [2.45, 2.75) is 46.3 Å². The summed E-state index contributed by atoms with van der Waals surface area (Å²) in [6.07, 6.45) is 4.36. The molecule has 1 N–H and O–H groups in total. The molecule has 0 saturated heterocycles. The minimum atomic E-state index is -0.491. The maximum Gasteiger partial charge on any atom is 0.133 e. The molecule has 3 aliphatic carbocycles. The van der Waals surface area contributed by atoms with Gasteiger partial charge in [-0.1, -0.05) is 25.1 Å². The average Bonchev–Trinajstić information content (AvgIpc) is 2.92. The number of ether oxygens (including phenoxy) is 1. The van der Waals surface area contributed by atoms with Crippen LogP contribution >= 0.6 is 0 Å². The maximum atomic E-state index is 10.2. The first-order chi connectivity index (χ1) is 11.4. The molecule has 1 aromatic rings. The highest BCUT2D eigenvalue weighted by molar-refractivity contribution is 5.23. The van der Waals surface area contributed by atoms with Gasteiger partial charge in [-0.05, 0) is 49.6 Å². The van der Waals surface area contributed by atoms with Crippen LogP contribution in [0, 0.1) is 24.2 Å². The van der Waals surface area contributed by atoms with Crippen molar-refractivity contribution in [3.05, 3.63) is 29.2 Å². The molecule has 2 bridgehead atoms. The van der Waals surface area contributed by atoms with Gasteiger partial charge >= 0.3 is 0 Å². The van der Waals surface area contributed by atoms with Gasteiger partial charge in [-0.15, -0.1) is 0 Å². The lowest BCUT2D eigenvalue weighted by Crippen LogP contribution is -2.48. The van der Waals surface area contributed by atoms with Gasteiger partial charge in [-0.2, -0.15) is 0 Å². The molecular formula is C19H30N2O3. The molecule has 24 heavy (non-hydrogen) atoms. The van der Waals surface area contributed by atoms with E-state index in [1.807, 2.05) is 24.9 Å². The van der Waals surface area contributed by atoms with Crippen LogP contribution < -0.4 is 0 Å². The Hall–Kier alpha value is -1.17. The van der Waals surface area contributed by atoms with Crippen molar-refractivity contribution in [1.82, 2.24) is 10.1 Å². The number of aromatic nitrogens is 1. The molecule has 0 aromatic carbocycles. The molecule has 0 unspecified atom stereocenters. The Bertz CT molecular complexity index is 593. The first-order valence-electron chi connectivity index (χ1n) is 8.91. The molecule has 5 nitrogen and oxygen atoms in total. The second-order valence-corrected chi connectivity index (χ2v) is 8.12. The first kappa shape index (κ1) is 17.6. The zero-order valence-corrected chi connectivity index (χ0v) is 15.3. The van der Waals surface area contributed by atoms with Crippen LogP contribution in [-0.2, 0) is 11.3 Å². The van der Waals surface area contributed by atoms with Crippen molar-refractivity contribution in [2.24, 2.45) is 17.3 Å². The Morgan fingerprint density at radius 3 is 2.92 bits per heavy atom. The van der Waals surface area contributed by atoms with E-state index >= 15 is 0 Å². The van der Waals surface area contributed by atoms with Crippen LogP contribution in [0.4, 0.5) is 0 Å². The molecule has 0 radical (unpaired) electrons. The van der Waals surface area contributed by atoms with Crippen LogP contribution in [0.3, 0.4) is 0 Å². The number of aliphatic hydroxyl groups is 1. The van der Waals surface area contributed by atoms with Gasteiger partial charge in [-0.25, -0.2) is 0 Å². The van der Waals surface area contributed by atoms with Crippen molar-refractivity contribution in [3.63, 3.8) is 0 Å². The van der Waals surface area contributed by atoms with E-state index in [-0.39, 0.29) is 0 Å². The van der Waals surface area contributed by atoms with Crippen LogP contribution in [0.25, 0.3) is 0 Å². The number of allylic oxidation sites excluding steroid dienone is 1. The Kier molecular flexibility index (Phi) is 5.13. The van der Waals surface area contributed by atoms with E-state index in [0.717, 1.165) is 17.4 Å². The predicted molar refractivity (Wildman–Crippen MR) is 92.5 cm³/mol. The second kappa shape index (κ2) is 6.98. The average molecular weight is 334 g/mol. The monoisotopic (exact) mass is 334 g/mol. The van der Waals surface area contributed by atoms with Crippen LogP contribution in [0.15, 0.2) is 22.2 Å². The van der Waals surface area contributed by atoms with Crippen molar-refractivity contribution >= 4 is 0 Å². The van der Waals surface area contributed by atoms with Gasteiger partial charge in [-0.3, -0.25) is 4.90 Å². The number of hydrogen-bond acceptors (Lipinski definition) is 5. The van der Waals surface area contributed by atoms with Gasteiger partial charge < -0.3 is 14.4 Å². The maximum absolute atomic E-state index is 10.2. The molecule has 4 rings (SSSR count). The summed E-state index contributed by atoms with van der Waals surface area (Å²) < 4.78 is 10.9. The van der Waals surface area contributed by atoms with Gasteiger partial charge in [0.05, 0.1) is 25.0 Å². The van der Waals surface area contributed by atoms with Crippen molar-refractivity contribution in [2.75, 3.05) is 26.8 Å². The summed E-state index contributed by atoms with van der Waals surface area (Å²) in [5.41, 5.74) is 2.75. The number of aryl methyl sites for hydroxylation is 1. The topological polar surface area (TPSA) is 58.7 Å². The third-order valence-electron chi connectivity index (χ3n) is 5.79. The Balaban J connectivity index is 1.37. The first-order valence-corrected chi connectivity index (χ1v) is 8.91. The lowest BCUT2D eigenvalue weighted by atomic mass is 9.49. The van der Waals surface area contributed by atoms with Gasteiger partial charge in [0.2, 0.25) is 0 Å². The fraction of sp³-hybridized carbons (Fsp3) is 0.737. The molecule has 0 aliphatic heterocycles. The normalized spacial score (nSPS) is 26.2. The smallest absolute Gasteiger partial charge is 0.133 e. The number of nitrogens with zero attached hydrogens (tertiary/aromatic N) is 2. The fourth-order valence-corrected chi connectivity index (χ4v) is 4.20. The van der Waals surface area contributed by atoms with Crippen molar-refractivity contribution in [1.29, 1.82) is 0 Å². The Morgan fingerprint density at radius 1 is 1.50 bits per heavy atom. The van der Waals surface area contributed by atoms with Crippen molar-refractivity contribution in [3.8, 4) is 0 Å². The van der Waals surface area contributed by atoms with E-state index in [1.54, 1.807) is 0 Å². The number of rotatable bonds is 8. The Labute approximate surface area is 144 Å². The number of fused-ring (bicyclic) bond motifs is 1. The molecule has 3 atom stereocenters. The van der Waals surface area contributed by atoms with Crippen LogP contribution in [0.2, 0.25) is 0 Å². The third kappa shape index (κ3) is 3.73. The summed E-state index contributed by atoms with van der Waals surface area (Å²) in [5, 5.41) is 14.2. The van der Waals surface area contributed by atoms with E-state index in [2.05, 4.69) is 25.1 Å². The number of likely N-dealkylation sites (N-methyl/N-ethyl adjacent to an activating group) is 1.